The van der Waals surface area contributed by atoms with Gasteiger partial charge in [-0.15, -0.1) is 0 Å². The van der Waals surface area contributed by atoms with E-state index in [4.69, 9.17) is 5.73 Å². The van der Waals surface area contributed by atoms with Crippen LogP contribution in [0.25, 0.3) is 0 Å². The van der Waals surface area contributed by atoms with Crippen LogP contribution in [0.15, 0.2) is 27.8 Å². The first-order valence-corrected chi connectivity index (χ1v) is 6.97. The topological polar surface area (TPSA) is 63.4 Å². The van der Waals surface area contributed by atoms with Crippen molar-refractivity contribution >= 4 is 17.1 Å². The fourth-order valence-electron chi connectivity index (χ4n) is 2.92. The minimum absolute atomic E-state index is 0.108. The molecule has 3 rings (SSSR count). The Morgan fingerprint density at radius 2 is 2.00 bits per heavy atom. The number of nitrogens with zero attached hydrogens (tertiary/aromatic N) is 1. The Bertz CT molecular complexity index is 739. The summed E-state index contributed by atoms with van der Waals surface area (Å²) in [6.07, 6.45) is 1.89. The highest BCUT2D eigenvalue weighted by atomic mass is 16.2. The normalized spacial score (nSPS) is 14.2. The molecule has 2 aromatic carbocycles. The zero-order valence-electron chi connectivity index (χ0n) is 11.8. The van der Waals surface area contributed by atoms with Crippen molar-refractivity contribution < 1.29 is 0 Å². The van der Waals surface area contributed by atoms with E-state index in [9.17, 15) is 9.59 Å². The molecular weight excluding hydrogens is 252 g/mol. The van der Waals surface area contributed by atoms with Gasteiger partial charge in [0, 0.05) is 12.2 Å². The molecule has 0 unspecified atom stereocenters. The molecule has 0 saturated heterocycles. The van der Waals surface area contributed by atoms with Gasteiger partial charge in [-0.05, 0) is 36.0 Å². The summed E-state index contributed by atoms with van der Waals surface area (Å²) in [6, 6.07) is 6.39. The van der Waals surface area contributed by atoms with Gasteiger partial charge in [0.25, 0.3) is 10.9 Å². The van der Waals surface area contributed by atoms with E-state index in [0.717, 1.165) is 25.1 Å². The van der Waals surface area contributed by atoms with Gasteiger partial charge in [-0.2, -0.15) is 0 Å². The van der Waals surface area contributed by atoms with Gasteiger partial charge in [-0.25, -0.2) is 0 Å². The lowest BCUT2D eigenvalue weighted by atomic mass is 10.0. The SMILES string of the molecule is CC(C)Cc1ccc2c(c1)N(c1c(N)c(=O)c1=O)CC2. The average Bonchev–Trinajstić information content (AvgIpc) is 2.81. The molecular formula is C16H18N2O2. The van der Waals surface area contributed by atoms with Crippen molar-refractivity contribution in [3.8, 4) is 0 Å². The fraction of sp³-hybridized carbons (Fsp3) is 0.375. The summed E-state index contributed by atoms with van der Waals surface area (Å²) < 4.78 is 0. The van der Waals surface area contributed by atoms with Gasteiger partial charge in [0.2, 0.25) is 0 Å². The molecule has 0 aromatic heterocycles. The van der Waals surface area contributed by atoms with Crippen molar-refractivity contribution in [2.75, 3.05) is 17.2 Å². The molecule has 1 aliphatic heterocycles. The molecule has 20 heavy (non-hydrogen) atoms. The van der Waals surface area contributed by atoms with Crippen LogP contribution in [-0.2, 0) is 12.8 Å². The third kappa shape index (κ3) is 1.83. The number of anilines is 3. The fourth-order valence-corrected chi connectivity index (χ4v) is 2.92. The highest BCUT2D eigenvalue weighted by Crippen LogP contribution is 2.36. The van der Waals surface area contributed by atoms with Crippen molar-refractivity contribution in [2.45, 2.75) is 26.7 Å². The van der Waals surface area contributed by atoms with Crippen LogP contribution >= 0.6 is 0 Å². The van der Waals surface area contributed by atoms with Gasteiger partial charge >= 0.3 is 0 Å². The summed E-state index contributed by atoms with van der Waals surface area (Å²) in [6.45, 7) is 5.08. The standard InChI is InChI=1S/C16H18N2O2/c1-9(2)7-10-3-4-11-5-6-18(12(11)8-10)14-13(17)15(19)16(14)20/h3-4,8-9H,5-7,17H2,1-2H3. The molecule has 4 heteroatoms. The minimum atomic E-state index is -0.549. The Labute approximate surface area is 117 Å². The van der Waals surface area contributed by atoms with E-state index >= 15 is 0 Å². The van der Waals surface area contributed by atoms with E-state index in [1.807, 2.05) is 4.90 Å². The van der Waals surface area contributed by atoms with Crippen molar-refractivity contribution in [3.05, 3.63) is 49.8 Å². The van der Waals surface area contributed by atoms with Gasteiger partial charge < -0.3 is 10.6 Å². The predicted molar refractivity (Wildman–Crippen MR) is 81.5 cm³/mol. The number of rotatable bonds is 3. The molecule has 0 bridgehead atoms. The maximum atomic E-state index is 11.7. The lowest BCUT2D eigenvalue weighted by Gasteiger charge is -2.22. The van der Waals surface area contributed by atoms with Crippen LogP contribution in [0.4, 0.5) is 17.1 Å². The summed E-state index contributed by atoms with van der Waals surface area (Å²) in [7, 11) is 0. The second-order valence-electron chi connectivity index (χ2n) is 5.88. The minimum Gasteiger partial charge on any atom is -0.394 e. The molecule has 2 N–H and O–H groups in total. The van der Waals surface area contributed by atoms with Crippen LogP contribution in [0, 0.1) is 5.92 Å². The molecule has 0 amide bonds. The molecule has 104 valence electrons. The molecule has 1 aliphatic rings. The Morgan fingerprint density at radius 1 is 1.25 bits per heavy atom. The van der Waals surface area contributed by atoms with Crippen LogP contribution in [0.5, 0.6) is 0 Å². The largest absolute Gasteiger partial charge is 0.394 e. The van der Waals surface area contributed by atoms with Crippen molar-refractivity contribution in [1.29, 1.82) is 0 Å². The maximum Gasteiger partial charge on any atom is 0.253 e. The molecule has 0 atom stereocenters. The summed E-state index contributed by atoms with van der Waals surface area (Å²) in [4.78, 5) is 24.9. The third-order valence-electron chi connectivity index (χ3n) is 3.88. The number of hydrogen-bond donors (Lipinski definition) is 1. The number of nitrogen functional groups attached to an aromatic ring is 1. The monoisotopic (exact) mass is 270 g/mol. The van der Waals surface area contributed by atoms with Crippen LogP contribution in [-0.4, -0.2) is 6.54 Å². The zero-order chi connectivity index (χ0) is 14.4. The summed E-state index contributed by atoms with van der Waals surface area (Å²) in [5.74, 6) is 0.583. The second kappa shape index (κ2) is 4.47. The van der Waals surface area contributed by atoms with Gasteiger partial charge in [-0.3, -0.25) is 9.59 Å². The molecule has 0 fully saturated rings. The quantitative estimate of drug-likeness (QED) is 0.863. The van der Waals surface area contributed by atoms with E-state index < -0.39 is 10.9 Å². The van der Waals surface area contributed by atoms with Crippen molar-refractivity contribution in [3.63, 3.8) is 0 Å². The number of fused-ring (bicyclic) bond motifs is 1. The lowest BCUT2D eigenvalue weighted by molar-refractivity contribution is 0.647. The first-order valence-electron chi connectivity index (χ1n) is 6.97. The Balaban J connectivity index is 2.01. The summed E-state index contributed by atoms with van der Waals surface area (Å²) in [5, 5.41) is 0. The molecule has 0 radical (unpaired) electrons. The molecule has 0 saturated carbocycles. The number of hydrogen-bond acceptors (Lipinski definition) is 4. The highest BCUT2D eigenvalue weighted by Gasteiger charge is 2.29. The van der Waals surface area contributed by atoms with E-state index in [1.165, 1.54) is 11.1 Å². The Morgan fingerprint density at radius 3 is 2.65 bits per heavy atom. The third-order valence-corrected chi connectivity index (χ3v) is 3.88. The van der Waals surface area contributed by atoms with E-state index in [0.29, 0.717) is 11.6 Å². The van der Waals surface area contributed by atoms with Crippen LogP contribution in [0.3, 0.4) is 0 Å². The summed E-state index contributed by atoms with van der Waals surface area (Å²) >= 11 is 0. The Kier molecular flexibility index (Phi) is 2.89. The Hall–Kier alpha value is -2.10. The molecule has 4 nitrogen and oxygen atoms in total. The average molecular weight is 270 g/mol. The van der Waals surface area contributed by atoms with E-state index in [2.05, 4.69) is 32.0 Å². The van der Waals surface area contributed by atoms with E-state index in [-0.39, 0.29) is 5.69 Å². The van der Waals surface area contributed by atoms with E-state index in [1.54, 1.807) is 0 Å². The predicted octanol–water partition coefficient (Wildman–Crippen LogP) is 1.76. The lowest BCUT2D eigenvalue weighted by Crippen LogP contribution is -2.40. The zero-order valence-corrected chi connectivity index (χ0v) is 11.8. The maximum absolute atomic E-state index is 11.7. The molecule has 1 heterocycles. The second-order valence-corrected chi connectivity index (χ2v) is 5.88. The van der Waals surface area contributed by atoms with Crippen molar-refractivity contribution in [1.82, 2.24) is 0 Å². The van der Waals surface area contributed by atoms with Gasteiger partial charge in [-0.1, -0.05) is 26.0 Å². The van der Waals surface area contributed by atoms with Crippen molar-refractivity contribution in [2.24, 2.45) is 5.92 Å². The number of benzene rings is 1. The smallest absolute Gasteiger partial charge is 0.253 e. The summed E-state index contributed by atoms with van der Waals surface area (Å²) in [5.41, 5.74) is 8.66. The highest BCUT2D eigenvalue weighted by molar-refractivity contribution is 5.81. The molecule has 2 aromatic rings. The van der Waals surface area contributed by atoms with Gasteiger partial charge in [0.1, 0.15) is 11.4 Å². The molecule has 0 aliphatic carbocycles. The number of nitrogens with two attached hydrogens (primary N) is 1. The van der Waals surface area contributed by atoms with Crippen LogP contribution < -0.4 is 21.5 Å². The first kappa shape index (κ1) is 12.9. The van der Waals surface area contributed by atoms with Gasteiger partial charge in [0.05, 0.1) is 0 Å². The molecule has 0 spiro atoms. The van der Waals surface area contributed by atoms with Crippen LogP contribution in [0.2, 0.25) is 0 Å². The van der Waals surface area contributed by atoms with Gasteiger partial charge in [0.15, 0.2) is 0 Å². The first-order chi connectivity index (χ1) is 9.49. The van der Waals surface area contributed by atoms with Crippen LogP contribution in [0.1, 0.15) is 25.0 Å².